The Morgan fingerprint density at radius 1 is 1.33 bits per heavy atom. The summed E-state index contributed by atoms with van der Waals surface area (Å²) >= 11 is 0. The first-order valence-corrected chi connectivity index (χ1v) is 6.36. The van der Waals surface area contributed by atoms with Gasteiger partial charge in [-0.05, 0) is 12.1 Å². The highest BCUT2D eigenvalue weighted by atomic mass is 16.5. The van der Waals surface area contributed by atoms with Gasteiger partial charge in [-0.15, -0.1) is 0 Å². The van der Waals surface area contributed by atoms with Gasteiger partial charge in [0.1, 0.15) is 0 Å². The summed E-state index contributed by atoms with van der Waals surface area (Å²) in [7, 11) is 2.03. The normalized spacial score (nSPS) is 16.5. The minimum atomic E-state index is 0.752. The standard InChI is InChI=1S/C14H20N2O2/c1-15(6-7-16-8-10-18-11-9-16)14-5-3-2-4-13(14)12-17/h2-5,12H,6-11H2,1H3. The zero-order valence-electron chi connectivity index (χ0n) is 10.8. The summed E-state index contributed by atoms with van der Waals surface area (Å²) in [5.41, 5.74) is 1.75. The van der Waals surface area contributed by atoms with Gasteiger partial charge in [-0.1, -0.05) is 12.1 Å². The molecule has 18 heavy (non-hydrogen) atoms. The van der Waals surface area contributed by atoms with Crippen LogP contribution >= 0.6 is 0 Å². The number of carbonyl (C=O) groups is 1. The van der Waals surface area contributed by atoms with Gasteiger partial charge in [0.15, 0.2) is 6.29 Å². The van der Waals surface area contributed by atoms with Gasteiger partial charge in [0, 0.05) is 44.5 Å². The van der Waals surface area contributed by atoms with Crippen LogP contribution in [0.2, 0.25) is 0 Å². The number of carbonyl (C=O) groups excluding carboxylic acids is 1. The third kappa shape index (κ3) is 3.31. The Hall–Kier alpha value is -1.39. The van der Waals surface area contributed by atoms with E-state index in [1.807, 2.05) is 31.3 Å². The predicted octanol–water partition coefficient (Wildman–Crippen LogP) is 1.27. The van der Waals surface area contributed by atoms with Crippen molar-refractivity contribution in [3.05, 3.63) is 29.8 Å². The van der Waals surface area contributed by atoms with Gasteiger partial charge in [0.05, 0.1) is 13.2 Å². The number of hydrogen-bond acceptors (Lipinski definition) is 4. The van der Waals surface area contributed by atoms with E-state index in [-0.39, 0.29) is 0 Å². The fourth-order valence-corrected chi connectivity index (χ4v) is 2.17. The molecule has 0 aromatic heterocycles. The number of anilines is 1. The number of morpholine rings is 1. The van der Waals surface area contributed by atoms with E-state index in [0.29, 0.717) is 0 Å². The van der Waals surface area contributed by atoms with E-state index in [0.717, 1.165) is 56.9 Å². The molecule has 0 spiro atoms. The predicted molar refractivity (Wildman–Crippen MR) is 72.4 cm³/mol. The maximum absolute atomic E-state index is 11.0. The SMILES string of the molecule is CN(CCN1CCOCC1)c1ccccc1C=O. The molecule has 1 heterocycles. The molecule has 1 aromatic carbocycles. The molecule has 1 fully saturated rings. The molecular formula is C14H20N2O2. The fourth-order valence-electron chi connectivity index (χ4n) is 2.17. The van der Waals surface area contributed by atoms with Gasteiger partial charge in [0.2, 0.25) is 0 Å². The second-order valence-electron chi connectivity index (χ2n) is 4.55. The molecule has 0 saturated carbocycles. The molecule has 4 heteroatoms. The van der Waals surface area contributed by atoms with Crippen molar-refractivity contribution in [2.75, 3.05) is 51.3 Å². The molecule has 0 bridgehead atoms. The molecule has 0 amide bonds. The summed E-state index contributed by atoms with van der Waals surface area (Å²) in [5, 5.41) is 0. The summed E-state index contributed by atoms with van der Waals surface area (Å²) in [6, 6.07) is 7.70. The Morgan fingerprint density at radius 2 is 2.06 bits per heavy atom. The molecule has 0 atom stereocenters. The van der Waals surface area contributed by atoms with Crippen LogP contribution in [0.5, 0.6) is 0 Å². The molecule has 1 aliphatic heterocycles. The smallest absolute Gasteiger partial charge is 0.152 e. The van der Waals surface area contributed by atoms with Crippen LogP contribution in [0.25, 0.3) is 0 Å². The number of nitrogens with zero attached hydrogens (tertiary/aromatic N) is 2. The molecule has 1 saturated heterocycles. The van der Waals surface area contributed by atoms with Gasteiger partial charge in [-0.25, -0.2) is 0 Å². The van der Waals surface area contributed by atoms with Crippen molar-refractivity contribution in [1.29, 1.82) is 0 Å². The third-order valence-corrected chi connectivity index (χ3v) is 3.33. The van der Waals surface area contributed by atoms with Crippen LogP contribution in [0.3, 0.4) is 0 Å². The lowest BCUT2D eigenvalue weighted by Gasteiger charge is -2.29. The largest absolute Gasteiger partial charge is 0.379 e. The first-order valence-electron chi connectivity index (χ1n) is 6.36. The summed E-state index contributed by atoms with van der Waals surface area (Å²) in [6.45, 7) is 5.59. The van der Waals surface area contributed by atoms with Gasteiger partial charge < -0.3 is 9.64 Å². The monoisotopic (exact) mass is 248 g/mol. The second kappa shape index (κ2) is 6.52. The number of ether oxygens (including phenoxy) is 1. The van der Waals surface area contributed by atoms with Gasteiger partial charge >= 0.3 is 0 Å². The molecule has 0 radical (unpaired) electrons. The van der Waals surface area contributed by atoms with Crippen LogP contribution in [0.15, 0.2) is 24.3 Å². The average molecular weight is 248 g/mol. The number of rotatable bonds is 5. The Kier molecular flexibility index (Phi) is 4.73. The summed E-state index contributed by atoms with van der Waals surface area (Å²) in [6.07, 6.45) is 0.917. The number of benzene rings is 1. The van der Waals surface area contributed by atoms with Crippen LogP contribution in [0, 0.1) is 0 Å². The lowest BCUT2D eigenvalue weighted by molar-refractivity contribution is 0.0393. The molecular weight excluding hydrogens is 228 g/mol. The average Bonchev–Trinajstić information content (AvgIpc) is 2.45. The first-order chi connectivity index (χ1) is 8.81. The van der Waals surface area contributed by atoms with Crippen molar-refractivity contribution in [3.8, 4) is 0 Å². The van der Waals surface area contributed by atoms with Crippen molar-refractivity contribution >= 4 is 12.0 Å². The van der Waals surface area contributed by atoms with Crippen LogP contribution in [-0.4, -0.2) is 57.6 Å². The van der Waals surface area contributed by atoms with E-state index in [1.165, 1.54) is 0 Å². The Labute approximate surface area is 108 Å². The Balaban J connectivity index is 1.90. The Morgan fingerprint density at radius 3 is 2.78 bits per heavy atom. The van der Waals surface area contributed by atoms with Gasteiger partial charge in [-0.3, -0.25) is 9.69 Å². The molecule has 0 unspecified atom stereocenters. The second-order valence-corrected chi connectivity index (χ2v) is 4.55. The number of hydrogen-bond donors (Lipinski definition) is 0. The summed E-state index contributed by atoms with van der Waals surface area (Å²) in [4.78, 5) is 15.5. The first kappa shape index (κ1) is 13.1. The molecule has 0 aliphatic carbocycles. The highest BCUT2D eigenvalue weighted by Gasteiger charge is 2.12. The molecule has 1 aromatic rings. The maximum atomic E-state index is 11.0. The lowest BCUT2D eigenvalue weighted by atomic mass is 10.2. The van der Waals surface area contributed by atoms with Crippen molar-refractivity contribution in [1.82, 2.24) is 4.90 Å². The minimum absolute atomic E-state index is 0.752. The molecule has 4 nitrogen and oxygen atoms in total. The lowest BCUT2D eigenvalue weighted by Crippen LogP contribution is -2.40. The van der Waals surface area contributed by atoms with E-state index in [1.54, 1.807) is 0 Å². The number of aldehydes is 1. The van der Waals surface area contributed by atoms with Crippen molar-refractivity contribution in [3.63, 3.8) is 0 Å². The Bertz CT molecular complexity index is 389. The van der Waals surface area contributed by atoms with Crippen LogP contribution in [0.1, 0.15) is 10.4 Å². The van der Waals surface area contributed by atoms with E-state index < -0.39 is 0 Å². The molecule has 1 aliphatic rings. The number of para-hydroxylation sites is 1. The molecule has 0 N–H and O–H groups in total. The molecule has 2 rings (SSSR count). The minimum Gasteiger partial charge on any atom is -0.379 e. The maximum Gasteiger partial charge on any atom is 0.152 e. The van der Waals surface area contributed by atoms with Crippen LogP contribution < -0.4 is 4.90 Å². The summed E-state index contributed by atoms with van der Waals surface area (Å²) in [5.74, 6) is 0. The van der Waals surface area contributed by atoms with Crippen molar-refractivity contribution < 1.29 is 9.53 Å². The topological polar surface area (TPSA) is 32.8 Å². The van der Waals surface area contributed by atoms with Crippen molar-refractivity contribution in [2.45, 2.75) is 0 Å². The zero-order valence-corrected chi connectivity index (χ0v) is 10.8. The van der Waals surface area contributed by atoms with Gasteiger partial charge in [0.25, 0.3) is 0 Å². The van der Waals surface area contributed by atoms with Crippen molar-refractivity contribution in [2.24, 2.45) is 0 Å². The fraction of sp³-hybridized carbons (Fsp3) is 0.500. The van der Waals surface area contributed by atoms with E-state index in [9.17, 15) is 4.79 Å². The highest BCUT2D eigenvalue weighted by molar-refractivity contribution is 5.84. The highest BCUT2D eigenvalue weighted by Crippen LogP contribution is 2.16. The van der Waals surface area contributed by atoms with E-state index in [4.69, 9.17) is 4.74 Å². The zero-order chi connectivity index (χ0) is 12.8. The third-order valence-electron chi connectivity index (χ3n) is 3.33. The molecule has 98 valence electrons. The van der Waals surface area contributed by atoms with Crippen LogP contribution in [-0.2, 0) is 4.74 Å². The number of likely N-dealkylation sites (N-methyl/N-ethyl adjacent to an activating group) is 1. The quantitative estimate of drug-likeness (QED) is 0.735. The van der Waals surface area contributed by atoms with Crippen LogP contribution in [0.4, 0.5) is 5.69 Å². The summed E-state index contributed by atoms with van der Waals surface area (Å²) < 4.78 is 5.33. The van der Waals surface area contributed by atoms with E-state index >= 15 is 0 Å². The van der Waals surface area contributed by atoms with E-state index in [2.05, 4.69) is 9.80 Å². The van der Waals surface area contributed by atoms with Gasteiger partial charge in [-0.2, -0.15) is 0 Å².